The molecule has 35 heavy (non-hydrogen) atoms. The first kappa shape index (κ1) is 22.7. The lowest BCUT2D eigenvalue weighted by Gasteiger charge is -2.18. The van der Waals surface area contributed by atoms with E-state index in [1.54, 1.807) is 12.1 Å². The number of fused-ring (bicyclic) bond motifs is 1. The predicted octanol–water partition coefficient (Wildman–Crippen LogP) is 7.35. The van der Waals surface area contributed by atoms with Crippen molar-refractivity contribution in [3.63, 3.8) is 0 Å². The van der Waals surface area contributed by atoms with Crippen LogP contribution in [0, 0.1) is 13.8 Å². The van der Waals surface area contributed by atoms with Crippen molar-refractivity contribution < 1.29 is 13.2 Å². The number of aryl methyl sites for hydroxylation is 2. The summed E-state index contributed by atoms with van der Waals surface area (Å²) >= 11 is 0. The molecule has 0 bridgehead atoms. The fraction of sp³-hybridized carbons (Fsp3) is 0.138. The summed E-state index contributed by atoms with van der Waals surface area (Å²) in [4.78, 5) is 16.2. The summed E-state index contributed by atoms with van der Waals surface area (Å²) in [6.07, 6.45) is -2.76. The zero-order chi connectivity index (χ0) is 24.7. The second-order valence-corrected chi connectivity index (χ2v) is 8.84. The first-order chi connectivity index (χ1) is 16.7. The Labute approximate surface area is 200 Å². The summed E-state index contributed by atoms with van der Waals surface area (Å²) in [6.45, 7) is 4.09. The van der Waals surface area contributed by atoms with Gasteiger partial charge in [0.2, 0.25) is 0 Å². The fourth-order valence-electron chi connectivity index (χ4n) is 4.44. The summed E-state index contributed by atoms with van der Waals surface area (Å²) in [5.74, 6) is 0. The van der Waals surface area contributed by atoms with E-state index in [9.17, 15) is 18.0 Å². The minimum absolute atomic E-state index is 0.178. The Kier molecular flexibility index (Phi) is 5.59. The van der Waals surface area contributed by atoms with Crippen LogP contribution in [0.3, 0.4) is 0 Å². The zero-order valence-corrected chi connectivity index (χ0v) is 19.3. The first-order valence-electron chi connectivity index (χ1n) is 11.3. The Morgan fingerprint density at radius 2 is 1.60 bits per heavy atom. The monoisotopic (exact) mass is 472 g/mol. The van der Waals surface area contributed by atoms with Crippen molar-refractivity contribution in [3.05, 3.63) is 118 Å². The third-order valence-electron chi connectivity index (χ3n) is 6.33. The maximum absolute atomic E-state index is 13.6. The van der Waals surface area contributed by atoms with Crippen LogP contribution in [-0.2, 0) is 12.7 Å². The molecule has 176 valence electrons. The van der Waals surface area contributed by atoms with Gasteiger partial charge in [0.15, 0.2) is 0 Å². The van der Waals surface area contributed by atoms with Gasteiger partial charge < -0.3 is 9.55 Å². The molecule has 0 aliphatic heterocycles. The van der Waals surface area contributed by atoms with Crippen molar-refractivity contribution in [1.29, 1.82) is 0 Å². The average molecular weight is 473 g/mol. The molecule has 5 aromatic rings. The van der Waals surface area contributed by atoms with Gasteiger partial charge in [-0.05, 0) is 71.3 Å². The molecular weight excluding hydrogens is 449 g/mol. The molecular formula is C29H23F3N2O. The SMILES string of the molecule is Cc1ccc(Cn2c(-c3cccc(-c4ccc5cc[nH]c5c4)c3)cc(C(F)(F)F)cc2=O)c(C)c1. The van der Waals surface area contributed by atoms with Crippen LogP contribution < -0.4 is 5.56 Å². The average Bonchev–Trinajstić information content (AvgIpc) is 3.29. The van der Waals surface area contributed by atoms with Gasteiger partial charge in [-0.1, -0.05) is 54.1 Å². The van der Waals surface area contributed by atoms with Gasteiger partial charge in [0.1, 0.15) is 0 Å². The Hall–Kier alpha value is -4.06. The second kappa shape index (κ2) is 8.62. The number of benzene rings is 3. The largest absolute Gasteiger partial charge is 0.416 e. The van der Waals surface area contributed by atoms with Gasteiger partial charge in [0, 0.05) is 17.8 Å². The van der Waals surface area contributed by atoms with E-state index in [4.69, 9.17) is 0 Å². The minimum atomic E-state index is -4.62. The van der Waals surface area contributed by atoms with Crippen molar-refractivity contribution in [3.8, 4) is 22.4 Å². The maximum Gasteiger partial charge on any atom is 0.416 e. The predicted molar refractivity (Wildman–Crippen MR) is 133 cm³/mol. The number of halogens is 3. The molecule has 0 amide bonds. The highest BCUT2D eigenvalue weighted by molar-refractivity contribution is 5.85. The van der Waals surface area contributed by atoms with Crippen LogP contribution in [0.2, 0.25) is 0 Å². The smallest absolute Gasteiger partial charge is 0.361 e. The number of rotatable bonds is 4. The standard InChI is InChI=1S/C29H23F3N2O/c1-18-6-7-24(19(2)12-18)17-34-27(15-25(16-28(34)35)29(30,31)32)23-5-3-4-21(13-23)22-9-8-20-10-11-33-26(20)14-22/h3-16,33H,17H2,1-2H3. The molecule has 3 aromatic carbocycles. The molecule has 3 nitrogen and oxygen atoms in total. The summed E-state index contributed by atoms with van der Waals surface area (Å²) < 4.78 is 42.3. The summed E-state index contributed by atoms with van der Waals surface area (Å²) in [5, 5.41) is 1.07. The van der Waals surface area contributed by atoms with Crippen LogP contribution in [0.15, 0.2) is 89.9 Å². The normalized spacial score (nSPS) is 11.8. The van der Waals surface area contributed by atoms with Crippen molar-refractivity contribution >= 4 is 10.9 Å². The Balaban J connectivity index is 1.66. The number of H-pyrrole nitrogens is 1. The van der Waals surface area contributed by atoms with Crippen LogP contribution in [-0.4, -0.2) is 9.55 Å². The van der Waals surface area contributed by atoms with Crippen molar-refractivity contribution in [2.45, 2.75) is 26.6 Å². The van der Waals surface area contributed by atoms with E-state index >= 15 is 0 Å². The minimum Gasteiger partial charge on any atom is -0.361 e. The summed E-state index contributed by atoms with van der Waals surface area (Å²) in [6, 6.07) is 22.8. The highest BCUT2D eigenvalue weighted by Gasteiger charge is 2.32. The van der Waals surface area contributed by atoms with E-state index in [1.165, 1.54) is 4.57 Å². The molecule has 1 N–H and O–H groups in total. The van der Waals surface area contributed by atoms with Gasteiger partial charge in [0.25, 0.3) is 5.56 Å². The molecule has 0 saturated carbocycles. The van der Waals surface area contributed by atoms with Crippen LogP contribution in [0.1, 0.15) is 22.3 Å². The first-order valence-corrected chi connectivity index (χ1v) is 11.3. The zero-order valence-electron chi connectivity index (χ0n) is 19.3. The highest BCUT2D eigenvalue weighted by atomic mass is 19.4. The van der Waals surface area contributed by atoms with E-state index in [0.717, 1.165) is 44.8 Å². The third kappa shape index (κ3) is 4.52. The van der Waals surface area contributed by atoms with Gasteiger partial charge >= 0.3 is 6.18 Å². The molecule has 0 aliphatic carbocycles. The van der Waals surface area contributed by atoms with E-state index in [0.29, 0.717) is 11.6 Å². The number of hydrogen-bond donors (Lipinski definition) is 1. The summed E-state index contributed by atoms with van der Waals surface area (Å²) in [5.41, 5.74) is 4.83. The highest BCUT2D eigenvalue weighted by Crippen LogP contribution is 2.33. The van der Waals surface area contributed by atoms with Crippen LogP contribution in [0.5, 0.6) is 0 Å². The Morgan fingerprint density at radius 1 is 0.829 bits per heavy atom. The maximum atomic E-state index is 13.6. The van der Waals surface area contributed by atoms with Gasteiger partial charge in [-0.3, -0.25) is 4.79 Å². The number of aromatic nitrogens is 2. The molecule has 6 heteroatoms. The molecule has 0 saturated heterocycles. The molecule has 0 radical (unpaired) electrons. The lowest BCUT2D eigenvalue weighted by Crippen LogP contribution is -2.25. The van der Waals surface area contributed by atoms with Crippen LogP contribution >= 0.6 is 0 Å². The second-order valence-electron chi connectivity index (χ2n) is 8.84. The van der Waals surface area contributed by atoms with E-state index in [1.807, 2.05) is 74.6 Å². The molecule has 0 spiro atoms. The van der Waals surface area contributed by atoms with Crippen molar-refractivity contribution in [2.24, 2.45) is 0 Å². The van der Waals surface area contributed by atoms with E-state index in [2.05, 4.69) is 4.98 Å². The molecule has 0 unspecified atom stereocenters. The number of hydrogen-bond acceptors (Lipinski definition) is 1. The molecule has 2 aromatic heterocycles. The van der Waals surface area contributed by atoms with Gasteiger partial charge in [-0.2, -0.15) is 13.2 Å². The number of aromatic amines is 1. The third-order valence-corrected chi connectivity index (χ3v) is 6.33. The molecule has 2 heterocycles. The molecule has 0 fully saturated rings. The number of alkyl halides is 3. The molecule has 5 rings (SSSR count). The van der Waals surface area contributed by atoms with E-state index < -0.39 is 17.3 Å². The van der Waals surface area contributed by atoms with Gasteiger partial charge in [-0.15, -0.1) is 0 Å². The topological polar surface area (TPSA) is 37.8 Å². The van der Waals surface area contributed by atoms with Crippen molar-refractivity contribution in [2.75, 3.05) is 0 Å². The number of pyridine rings is 1. The Bertz CT molecular complexity index is 1610. The Morgan fingerprint density at radius 3 is 2.37 bits per heavy atom. The quantitative estimate of drug-likeness (QED) is 0.292. The lowest BCUT2D eigenvalue weighted by molar-refractivity contribution is -0.137. The van der Waals surface area contributed by atoms with Gasteiger partial charge in [-0.25, -0.2) is 0 Å². The van der Waals surface area contributed by atoms with Crippen LogP contribution in [0.4, 0.5) is 13.2 Å². The van der Waals surface area contributed by atoms with Crippen molar-refractivity contribution in [1.82, 2.24) is 9.55 Å². The van der Waals surface area contributed by atoms with Gasteiger partial charge in [0.05, 0.1) is 17.8 Å². The van der Waals surface area contributed by atoms with E-state index in [-0.39, 0.29) is 12.2 Å². The molecule has 0 aliphatic rings. The molecule has 0 atom stereocenters. The van der Waals surface area contributed by atoms with Crippen LogP contribution in [0.25, 0.3) is 33.3 Å². The number of nitrogens with zero attached hydrogens (tertiary/aromatic N) is 1. The number of nitrogens with one attached hydrogen (secondary N) is 1. The summed E-state index contributed by atoms with van der Waals surface area (Å²) in [7, 11) is 0. The fourth-order valence-corrected chi connectivity index (χ4v) is 4.44. The lowest BCUT2D eigenvalue weighted by atomic mass is 9.99.